The van der Waals surface area contributed by atoms with Crippen LogP contribution in [0.2, 0.25) is 0 Å². The molecule has 3 rings (SSSR count). The SMILES string of the molecule is COc1ccc2c(CC(=O)Nc3ccc(F)cc3)coc2c1. The Morgan fingerprint density at radius 3 is 2.73 bits per heavy atom. The van der Waals surface area contributed by atoms with E-state index in [0.717, 1.165) is 10.9 Å². The standard InChI is InChI=1S/C17H14FNO3/c1-21-14-6-7-15-11(10-22-16(15)9-14)8-17(20)19-13-4-2-12(18)3-5-13/h2-7,9-10H,8H2,1H3,(H,19,20). The summed E-state index contributed by atoms with van der Waals surface area (Å²) in [5, 5.41) is 3.59. The third kappa shape index (κ3) is 2.93. The summed E-state index contributed by atoms with van der Waals surface area (Å²) in [5.74, 6) is 0.169. The first-order chi connectivity index (χ1) is 10.7. The molecule has 0 aliphatic rings. The normalized spacial score (nSPS) is 10.6. The Morgan fingerprint density at radius 2 is 2.00 bits per heavy atom. The van der Waals surface area contributed by atoms with Crippen molar-refractivity contribution in [1.82, 2.24) is 0 Å². The third-order valence-corrected chi connectivity index (χ3v) is 3.34. The van der Waals surface area contributed by atoms with Gasteiger partial charge < -0.3 is 14.5 Å². The van der Waals surface area contributed by atoms with Crippen LogP contribution in [0.4, 0.5) is 10.1 Å². The molecule has 0 aliphatic heterocycles. The molecule has 0 bridgehead atoms. The molecule has 112 valence electrons. The Balaban J connectivity index is 1.75. The van der Waals surface area contributed by atoms with Crippen LogP contribution in [0.15, 0.2) is 53.1 Å². The molecule has 0 unspecified atom stereocenters. The number of amides is 1. The predicted molar refractivity (Wildman–Crippen MR) is 81.5 cm³/mol. The van der Waals surface area contributed by atoms with Gasteiger partial charge in [0.1, 0.15) is 17.1 Å². The lowest BCUT2D eigenvalue weighted by atomic mass is 10.1. The number of ether oxygens (including phenoxy) is 1. The number of nitrogens with one attached hydrogen (secondary N) is 1. The van der Waals surface area contributed by atoms with Crippen molar-refractivity contribution in [3.8, 4) is 5.75 Å². The smallest absolute Gasteiger partial charge is 0.228 e. The summed E-state index contributed by atoms with van der Waals surface area (Å²) < 4.78 is 23.4. The molecule has 1 aromatic heterocycles. The van der Waals surface area contributed by atoms with Crippen LogP contribution < -0.4 is 10.1 Å². The quantitative estimate of drug-likeness (QED) is 0.798. The van der Waals surface area contributed by atoms with E-state index in [1.807, 2.05) is 12.1 Å². The summed E-state index contributed by atoms with van der Waals surface area (Å²) in [6, 6.07) is 11.1. The molecule has 1 amide bonds. The maximum Gasteiger partial charge on any atom is 0.228 e. The molecule has 1 N–H and O–H groups in total. The molecule has 2 aromatic carbocycles. The van der Waals surface area contributed by atoms with Crippen LogP contribution in [-0.4, -0.2) is 13.0 Å². The molecule has 0 spiro atoms. The van der Waals surface area contributed by atoms with Crippen molar-refractivity contribution in [2.45, 2.75) is 6.42 Å². The average molecular weight is 299 g/mol. The van der Waals surface area contributed by atoms with Crippen molar-refractivity contribution < 1.29 is 18.3 Å². The number of benzene rings is 2. The fourth-order valence-electron chi connectivity index (χ4n) is 2.24. The van der Waals surface area contributed by atoms with E-state index in [-0.39, 0.29) is 18.1 Å². The van der Waals surface area contributed by atoms with Gasteiger partial charge in [-0.15, -0.1) is 0 Å². The molecular weight excluding hydrogens is 285 g/mol. The summed E-state index contributed by atoms with van der Waals surface area (Å²) in [6.45, 7) is 0. The highest BCUT2D eigenvalue weighted by Gasteiger charge is 2.11. The first-order valence-corrected chi connectivity index (χ1v) is 6.75. The second-order valence-electron chi connectivity index (χ2n) is 4.85. The van der Waals surface area contributed by atoms with Gasteiger partial charge in [0.2, 0.25) is 5.91 Å². The number of furan rings is 1. The Morgan fingerprint density at radius 1 is 1.23 bits per heavy atom. The van der Waals surface area contributed by atoms with E-state index < -0.39 is 0 Å². The molecule has 0 aliphatic carbocycles. The summed E-state index contributed by atoms with van der Waals surface area (Å²) in [7, 11) is 1.58. The van der Waals surface area contributed by atoms with Gasteiger partial charge >= 0.3 is 0 Å². The molecule has 5 heteroatoms. The van der Waals surface area contributed by atoms with Gasteiger partial charge in [-0.1, -0.05) is 0 Å². The van der Waals surface area contributed by atoms with Gasteiger partial charge in [0.25, 0.3) is 0 Å². The second kappa shape index (κ2) is 5.89. The van der Waals surface area contributed by atoms with E-state index in [1.54, 1.807) is 19.4 Å². The second-order valence-corrected chi connectivity index (χ2v) is 4.85. The van der Waals surface area contributed by atoms with Crippen LogP contribution in [0.25, 0.3) is 11.0 Å². The van der Waals surface area contributed by atoms with Crippen LogP contribution in [-0.2, 0) is 11.2 Å². The Bertz CT molecular complexity index is 808. The van der Waals surface area contributed by atoms with E-state index in [0.29, 0.717) is 17.0 Å². The molecule has 0 atom stereocenters. The van der Waals surface area contributed by atoms with E-state index in [9.17, 15) is 9.18 Å². The molecule has 4 nitrogen and oxygen atoms in total. The van der Waals surface area contributed by atoms with Gasteiger partial charge in [-0.05, 0) is 36.4 Å². The molecular formula is C17H14FNO3. The number of halogens is 1. The fraction of sp³-hybridized carbons (Fsp3) is 0.118. The molecule has 0 radical (unpaired) electrons. The molecule has 0 saturated carbocycles. The lowest BCUT2D eigenvalue weighted by Crippen LogP contribution is -2.14. The van der Waals surface area contributed by atoms with Crippen LogP contribution in [0.1, 0.15) is 5.56 Å². The van der Waals surface area contributed by atoms with Gasteiger partial charge in [0.15, 0.2) is 0 Å². The minimum atomic E-state index is -0.340. The first-order valence-electron chi connectivity index (χ1n) is 6.75. The lowest BCUT2D eigenvalue weighted by molar-refractivity contribution is -0.115. The summed E-state index contributed by atoms with van der Waals surface area (Å²) in [5.41, 5.74) is 2.02. The van der Waals surface area contributed by atoms with Crippen LogP contribution in [0, 0.1) is 5.82 Å². The van der Waals surface area contributed by atoms with Gasteiger partial charge in [-0.2, -0.15) is 0 Å². The first kappa shape index (κ1) is 14.1. The predicted octanol–water partition coefficient (Wildman–Crippen LogP) is 3.76. The topological polar surface area (TPSA) is 51.5 Å². The zero-order valence-electron chi connectivity index (χ0n) is 11.9. The fourth-order valence-corrected chi connectivity index (χ4v) is 2.24. The van der Waals surface area contributed by atoms with Crippen LogP contribution >= 0.6 is 0 Å². The number of methoxy groups -OCH3 is 1. The van der Waals surface area contributed by atoms with Crippen LogP contribution in [0.5, 0.6) is 5.75 Å². The van der Waals surface area contributed by atoms with E-state index >= 15 is 0 Å². The van der Waals surface area contributed by atoms with Gasteiger partial charge in [-0.3, -0.25) is 4.79 Å². The van der Waals surface area contributed by atoms with Gasteiger partial charge in [0, 0.05) is 22.7 Å². The molecule has 0 saturated heterocycles. The number of carbonyl (C=O) groups is 1. The largest absolute Gasteiger partial charge is 0.497 e. The van der Waals surface area contributed by atoms with Crippen molar-refractivity contribution in [2.24, 2.45) is 0 Å². The number of fused-ring (bicyclic) bond motifs is 1. The minimum absolute atomic E-state index is 0.177. The van der Waals surface area contributed by atoms with Gasteiger partial charge in [0.05, 0.1) is 19.8 Å². The zero-order valence-corrected chi connectivity index (χ0v) is 11.9. The van der Waals surface area contributed by atoms with E-state index in [2.05, 4.69) is 5.32 Å². The number of anilines is 1. The summed E-state index contributed by atoms with van der Waals surface area (Å²) in [4.78, 5) is 12.1. The number of hydrogen-bond acceptors (Lipinski definition) is 3. The number of hydrogen-bond donors (Lipinski definition) is 1. The highest BCUT2D eigenvalue weighted by Crippen LogP contribution is 2.26. The van der Waals surface area contributed by atoms with Crippen LogP contribution in [0.3, 0.4) is 0 Å². The minimum Gasteiger partial charge on any atom is -0.497 e. The summed E-state index contributed by atoms with van der Waals surface area (Å²) >= 11 is 0. The molecule has 22 heavy (non-hydrogen) atoms. The van der Waals surface area contributed by atoms with E-state index in [1.165, 1.54) is 24.3 Å². The van der Waals surface area contributed by atoms with Crippen molar-refractivity contribution in [3.63, 3.8) is 0 Å². The summed E-state index contributed by atoms with van der Waals surface area (Å²) in [6.07, 6.45) is 1.74. The highest BCUT2D eigenvalue weighted by molar-refractivity contribution is 5.95. The van der Waals surface area contributed by atoms with Gasteiger partial charge in [-0.25, -0.2) is 4.39 Å². The monoisotopic (exact) mass is 299 g/mol. The maximum atomic E-state index is 12.8. The van der Waals surface area contributed by atoms with Crippen molar-refractivity contribution in [1.29, 1.82) is 0 Å². The highest BCUT2D eigenvalue weighted by atomic mass is 19.1. The number of carbonyl (C=O) groups excluding carboxylic acids is 1. The Hall–Kier alpha value is -2.82. The zero-order chi connectivity index (χ0) is 15.5. The van der Waals surface area contributed by atoms with E-state index in [4.69, 9.17) is 9.15 Å². The van der Waals surface area contributed by atoms with Crippen molar-refractivity contribution in [3.05, 3.63) is 60.1 Å². The Labute approximate surface area is 126 Å². The molecule has 3 aromatic rings. The number of rotatable bonds is 4. The lowest BCUT2D eigenvalue weighted by Gasteiger charge is -2.04. The maximum absolute atomic E-state index is 12.8. The average Bonchev–Trinajstić information content (AvgIpc) is 2.91. The Kier molecular flexibility index (Phi) is 3.78. The molecule has 1 heterocycles. The van der Waals surface area contributed by atoms with Crippen molar-refractivity contribution in [2.75, 3.05) is 12.4 Å². The molecule has 0 fully saturated rings. The third-order valence-electron chi connectivity index (χ3n) is 3.34. The van der Waals surface area contributed by atoms with Crippen molar-refractivity contribution >= 4 is 22.6 Å².